The minimum absolute atomic E-state index is 0.264. The highest BCUT2D eigenvalue weighted by atomic mass is 16.4. The van der Waals surface area contributed by atoms with Gasteiger partial charge in [-0.2, -0.15) is 0 Å². The molecule has 24 heavy (non-hydrogen) atoms. The lowest BCUT2D eigenvalue weighted by Crippen LogP contribution is -2.18. The largest absolute Gasteiger partial charge is 0.481 e. The summed E-state index contributed by atoms with van der Waals surface area (Å²) in [6.45, 7) is 4.39. The van der Waals surface area contributed by atoms with Crippen molar-refractivity contribution < 1.29 is 19.8 Å². The lowest BCUT2D eigenvalue weighted by molar-refractivity contribution is -0.148. The monoisotopic (exact) mass is 342 g/mol. The minimum atomic E-state index is -1.02. The molecule has 0 saturated heterocycles. The highest BCUT2D eigenvalue weighted by Gasteiger charge is 2.21. The molecule has 0 aliphatic heterocycles. The van der Waals surface area contributed by atoms with E-state index in [-0.39, 0.29) is 6.42 Å². The molecule has 0 aromatic rings. The van der Waals surface area contributed by atoms with Crippen molar-refractivity contribution in [1.29, 1.82) is 0 Å². The summed E-state index contributed by atoms with van der Waals surface area (Å²) < 4.78 is 0. The molecule has 2 unspecified atom stereocenters. The molecule has 0 aliphatic rings. The van der Waals surface area contributed by atoms with E-state index < -0.39 is 17.9 Å². The predicted octanol–water partition coefficient (Wildman–Crippen LogP) is 5.89. The third kappa shape index (κ3) is 14.5. The average molecular weight is 343 g/mol. The highest BCUT2D eigenvalue weighted by Crippen LogP contribution is 2.21. The van der Waals surface area contributed by atoms with Crippen molar-refractivity contribution in [3.63, 3.8) is 0 Å². The van der Waals surface area contributed by atoms with Crippen LogP contribution in [0, 0.1) is 11.8 Å². The van der Waals surface area contributed by atoms with E-state index in [1.54, 1.807) is 0 Å². The summed E-state index contributed by atoms with van der Waals surface area (Å²) in [7, 11) is 0. The van der Waals surface area contributed by atoms with Crippen LogP contribution in [0.2, 0.25) is 0 Å². The fourth-order valence-electron chi connectivity index (χ4n) is 3.13. The van der Waals surface area contributed by atoms with Gasteiger partial charge in [0.2, 0.25) is 0 Å². The SMILES string of the molecule is CCCCCCCCCCCCC(C)CCC(CC(=O)O)C(=O)O. The predicted molar refractivity (Wildman–Crippen MR) is 98.2 cm³/mol. The first-order valence-electron chi connectivity index (χ1n) is 9.92. The van der Waals surface area contributed by atoms with Crippen LogP contribution in [0.1, 0.15) is 104 Å². The molecule has 0 rings (SSSR count). The second-order valence-electron chi connectivity index (χ2n) is 7.29. The van der Waals surface area contributed by atoms with Gasteiger partial charge in [-0.1, -0.05) is 84.5 Å². The summed E-state index contributed by atoms with van der Waals surface area (Å²) in [4.78, 5) is 21.7. The van der Waals surface area contributed by atoms with Crippen LogP contribution in [0.25, 0.3) is 0 Å². The molecule has 0 aromatic heterocycles. The smallest absolute Gasteiger partial charge is 0.307 e. The van der Waals surface area contributed by atoms with Crippen LogP contribution in [0.5, 0.6) is 0 Å². The number of unbranched alkanes of at least 4 members (excludes halogenated alkanes) is 9. The molecule has 0 aliphatic carbocycles. The fraction of sp³-hybridized carbons (Fsp3) is 0.900. The molecule has 0 amide bonds. The Labute approximate surface area is 148 Å². The molecule has 0 spiro atoms. The van der Waals surface area contributed by atoms with Gasteiger partial charge in [-0.05, 0) is 18.8 Å². The number of carbonyl (C=O) groups is 2. The molecular weight excluding hydrogens is 304 g/mol. The molecule has 2 N–H and O–H groups in total. The zero-order valence-corrected chi connectivity index (χ0v) is 15.8. The third-order valence-corrected chi connectivity index (χ3v) is 4.83. The van der Waals surface area contributed by atoms with Crippen molar-refractivity contribution in [3.8, 4) is 0 Å². The molecule has 0 bridgehead atoms. The van der Waals surface area contributed by atoms with Gasteiger partial charge in [-0.3, -0.25) is 9.59 Å². The topological polar surface area (TPSA) is 74.6 Å². The lowest BCUT2D eigenvalue weighted by atomic mass is 9.91. The number of carboxylic acid groups (broad SMARTS) is 2. The van der Waals surface area contributed by atoms with Crippen LogP contribution < -0.4 is 0 Å². The summed E-state index contributed by atoms with van der Waals surface area (Å²) in [6.07, 6.45) is 15.4. The van der Waals surface area contributed by atoms with Crippen LogP contribution in [0.4, 0.5) is 0 Å². The van der Waals surface area contributed by atoms with Crippen molar-refractivity contribution in [2.24, 2.45) is 11.8 Å². The van der Waals surface area contributed by atoms with Gasteiger partial charge < -0.3 is 10.2 Å². The zero-order chi connectivity index (χ0) is 18.2. The van der Waals surface area contributed by atoms with Crippen molar-refractivity contribution in [2.75, 3.05) is 0 Å². The maximum absolute atomic E-state index is 11.0. The van der Waals surface area contributed by atoms with Crippen LogP contribution in [-0.4, -0.2) is 22.2 Å². The first-order valence-corrected chi connectivity index (χ1v) is 9.92. The van der Waals surface area contributed by atoms with E-state index in [0.29, 0.717) is 12.3 Å². The van der Waals surface area contributed by atoms with Gasteiger partial charge in [0, 0.05) is 0 Å². The highest BCUT2D eigenvalue weighted by molar-refractivity contribution is 5.77. The summed E-state index contributed by atoms with van der Waals surface area (Å²) in [5.41, 5.74) is 0. The van der Waals surface area contributed by atoms with E-state index >= 15 is 0 Å². The maximum atomic E-state index is 11.0. The summed E-state index contributed by atoms with van der Waals surface area (Å²) in [6, 6.07) is 0. The second-order valence-corrected chi connectivity index (χ2v) is 7.29. The van der Waals surface area contributed by atoms with Gasteiger partial charge >= 0.3 is 11.9 Å². The average Bonchev–Trinajstić information content (AvgIpc) is 2.52. The Morgan fingerprint density at radius 3 is 1.71 bits per heavy atom. The van der Waals surface area contributed by atoms with Gasteiger partial charge in [-0.15, -0.1) is 0 Å². The summed E-state index contributed by atoms with van der Waals surface area (Å²) >= 11 is 0. The first-order chi connectivity index (χ1) is 11.5. The van der Waals surface area contributed by atoms with Crippen LogP contribution in [0.3, 0.4) is 0 Å². The molecule has 142 valence electrons. The van der Waals surface area contributed by atoms with Crippen LogP contribution in [0.15, 0.2) is 0 Å². The molecule has 4 nitrogen and oxygen atoms in total. The number of hydrogen-bond acceptors (Lipinski definition) is 2. The molecule has 0 radical (unpaired) electrons. The fourth-order valence-corrected chi connectivity index (χ4v) is 3.13. The van der Waals surface area contributed by atoms with Crippen LogP contribution in [-0.2, 0) is 9.59 Å². The van der Waals surface area contributed by atoms with E-state index in [1.165, 1.54) is 64.2 Å². The number of carboxylic acids is 2. The van der Waals surface area contributed by atoms with Crippen molar-refractivity contribution in [2.45, 2.75) is 104 Å². The Bertz CT molecular complexity index is 328. The van der Waals surface area contributed by atoms with Crippen molar-refractivity contribution in [1.82, 2.24) is 0 Å². The molecule has 0 aromatic carbocycles. The molecule has 0 saturated carbocycles. The normalized spacial score (nSPS) is 13.6. The Morgan fingerprint density at radius 2 is 1.25 bits per heavy atom. The third-order valence-electron chi connectivity index (χ3n) is 4.83. The molecule has 4 heteroatoms. The van der Waals surface area contributed by atoms with Gasteiger partial charge in [-0.25, -0.2) is 0 Å². The Balaban J connectivity index is 3.53. The van der Waals surface area contributed by atoms with E-state index in [4.69, 9.17) is 10.2 Å². The van der Waals surface area contributed by atoms with Gasteiger partial charge in [0.05, 0.1) is 12.3 Å². The van der Waals surface area contributed by atoms with Crippen molar-refractivity contribution >= 4 is 11.9 Å². The number of rotatable bonds is 17. The number of aliphatic carboxylic acids is 2. The van der Waals surface area contributed by atoms with E-state index in [0.717, 1.165) is 12.8 Å². The number of hydrogen-bond donors (Lipinski definition) is 2. The maximum Gasteiger partial charge on any atom is 0.307 e. The molecule has 0 heterocycles. The van der Waals surface area contributed by atoms with E-state index in [9.17, 15) is 9.59 Å². The van der Waals surface area contributed by atoms with Crippen LogP contribution >= 0.6 is 0 Å². The Morgan fingerprint density at radius 1 is 0.750 bits per heavy atom. The van der Waals surface area contributed by atoms with E-state index in [2.05, 4.69) is 13.8 Å². The standard InChI is InChI=1S/C20H38O4/c1-3-4-5-6-7-8-9-10-11-12-13-17(2)14-15-18(20(23)24)16-19(21)22/h17-18H,3-16H2,1-2H3,(H,21,22)(H,23,24). The quantitative estimate of drug-likeness (QED) is 0.323. The molecule has 0 fully saturated rings. The van der Waals surface area contributed by atoms with Crippen molar-refractivity contribution in [3.05, 3.63) is 0 Å². The minimum Gasteiger partial charge on any atom is -0.481 e. The van der Waals surface area contributed by atoms with Gasteiger partial charge in [0.1, 0.15) is 0 Å². The summed E-state index contributed by atoms with van der Waals surface area (Å²) in [5.74, 6) is -2.26. The zero-order valence-electron chi connectivity index (χ0n) is 15.8. The summed E-state index contributed by atoms with van der Waals surface area (Å²) in [5, 5.41) is 17.8. The molecular formula is C20H38O4. The first kappa shape index (κ1) is 22.9. The van der Waals surface area contributed by atoms with E-state index in [1.807, 2.05) is 0 Å². The second kappa shape index (κ2) is 15.5. The van der Waals surface area contributed by atoms with Gasteiger partial charge in [0.25, 0.3) is 0 Å². The Kier molecular flexibility index (Phi) is 14.8. The Hall–Kier alpha value is -1.06. The lowest BCUT2D eigenvalue weighted by Gasteiger charge is -2.14. The van der Waals surface area contributed by atoms with Gasteiger partial charge in [0.15, 0.2) is 0 Å². The molecule has 2 atom stereocenters.